The molecule has 13 heavy (non-hydrogen) atoms. The first-order valence-electron chi connectivity index (χ1n) is 3.60. The lowest BCUT2D eigenvalue weighted by Crippen LogP contribution is -1.88. The Labute approximate surface area is 80.1 Å². The Morgan fingerprint density at radius 2 is 1.85 bits per heavy atom. The molecule has 0 saturated carbocycles. The maximum atomic E-state index is 13.0. The molecule has 0 unspecified atom stereocenters. The van der Waals surface area contributed by atoms with Crippen LogP contribution < -0.4 is 0 Å². The number of phenols is 1. The molecule has 1 aromatic carbocycles. The van der Waals surface area contributed by atoms with Gasteiger partial charge < -0.3 is 5.11 Å². The molecule has 0 aliphatic carbocycles. The first-order valence-corrected chi connectivity index (χ1v) is 4.24. The molecule has 0 spiro atoms. The summed E-state index contributed by atoms with van der Waals surface area (Å²) in [5, 5.41) is 8.82. The van der Waals surface area contributed by atoms with Crippen LogP contribution >= 0.6 is 12.6 Å². The maximum Gasteiger partial charge on any atom is 0.137 e. The van der Waals surface area contributed by atoms with Crippen LogP contribution in [0.3, 0.4) is 0 Å². The van der Waals surface area contributed by atoms with E-state index in [4.69, 9.17) is 5.11 Å². The van der Waals surface area contributed by atoms with Crippen LogP contribution in [-0.2, 0) is 0 Å². The van der Waals surface area contributed by atoms with Crippen molar-refractivity contribution in [3.63, 3.8) is 0 Å². The number of rotatable bonds is 2. The van der Waals surface area contributed by atoms with Crippen molar-refractivity contribution in [2.75, 3.05) is 5.75 Å². The van der Waals surface area contributed by atoms with Gasteiger partial charge >= 0.3 is 0 Å². The van der Waals surface area contributed by atoms with Gasteiger partial charge in [0, 0.05) is 23.4 Å². The first kappa shape index (κ1) is 10.1. The van der Waals surface area contributed by atoms with Gasteiger partial charge in [0.2, 0.25) is 0 Å². The number of thiol groups is 1. The molecular formula is C9H8F2OS. The van der Waals surface area contributed by atoms with E-state index in [1.165, 1.54) is 12.2 Å². The molecule has 1 rings (SSSR count). The lowest BCUT2D eigenvalue weighted by Gasteiger charge is -1.99. The van der Waals surface area contributed by atoms with Crippen LogP contribution in [0.4, 0.5) is 8.78 Å². The van der Waals surface area contributed by atoms with E-state index in [-0.39, 0.29) is 5.56 Å². The Bertz CT molecular complexity index is 313. The Hall–Kier alpha value is -1.03. The maximum absolute atomic E-state index is 13.0. The van der Waals surface area contributed by atoms with E-state index in [1.807, 2.05) is 0 Å². The van der Waals surface area contributed by atoms with Crippen molar-refractivity contribution in [1.29, 1.82) is 0 Å². The van der Waals surface area contributed by atoms with Gasteiger partial charge in [-0.05, 0) is 0 Å². The minimum Gasteiger partial charge on any atom is -0.508 e. The molecule has 1 nitrogen and oxygen atoms in total. The Kier molecular flexibility index (Phi) is 3.31. The average molecular weight is 202 g/mol. The topological polar surface area (TPSA) is 20.2 Å². The highest BCUT2D eigenvalue weighted by Crippen LogP contribution is 2.20. The van der Waals surface area contributed by atoms with Crippen LogP contribution in [0.25, 0.3) is 6.08 Å². The average Bonchev–Trinajstić information content (AvgIpc) is 2.02. The molecule has 0 bridgehead atoms. The summed E-state index contributed by atoms with van der Waals surface area (Å²) >= 11 is 3.86. The third-order valence-electron chi connectivity index (χ3n) is 1.45. The summed E-state index contributed by atoms with van der Waals surface area (Å²) in [5.74, 6) is -1.58. The predicted octanol–water partition coefficient (Wildman–Crippen LogP) is 2.61. The summed E-state index contributed by atoms with van der Waals surface area (Å²) in [7, 11) is 0. The van der Waals surface area contributed by atoms with Crippen molar-refractivity contribution in [3.8, 4) is 5.75 Å². The zero-order chi connectivity index (χ0) is 9.84. The van der Waals surface area contributed by atoms with Crippen LogP contribution in [0.2, 0.25) is 0 Å². The Balaban J connectivity index is 3.13. The van der Waals surface area contributed by atoms with Gasteiger partial charge in [0.15, 0.2) is 0 Å². The molecule has 0 amide bonds. The predicted molar refractivity (Wildman–Crippen MR) is 50.9 cm³/mol. The minimum absolute atomic E-state index is 0.160. The third kappa shape index (κ3) is 2.45. The number of hydrogen-bond donors (Lipinski definition) is 2. The molecule has 70 valence electrons. The van der Waals surface area contributed by atoms with Crippen LogP contribution in [0.15, 0.2) is 18.2 Å². The van der Waals surface area contributed by atoms with Gasteiger partial charge in [-0.1, -0.05) is 12.2 Å². The number of hydrogen-bond acceptors (Lipinski definition) is 2. The molecule has 0 aliphatic heterocycles. The van der Waals surface area contributed by atoms with Crippen molar-refractivity contribution in [3.05, 3.63) is 35.4 Å². The summed E-state index contributed by atoms with van der Waals surface area (Å²) in [6.45, 7) is 0. The SMILES string of the molecule is Oc1cc(F)c(C=CCS)c(F)c1. The molecule has 0 aliphatic rings. The summed E-state index contributed by atoms with van der Waals surface area (Å²) in [6, 6.07) is 1.72. The van der Waals surface area contributed by atoms with E-state index in [0.29, 0.717) is 5.75 Å². The second kappa shape index (κ2) is 4.28. The normalized spacial score (nSPS) is 11.0. The summed E-state index contributed by atoms with van der Waals surface area (Å²) in [6.07, 6.45) is 2.80. The van der Waals surface area contributed by atoms with Crippen LogP contribution in [0.1, 0.15) is 5.56 Å². The van der Waals surface area contributed by atoms with Gasteiger partial charge in [0.25, 0.3) is 0 Å². The molecule has 0 heterocycles. The van der Waals surface area contributed by atoms with Crippen molar-refractivity contribution in [2.45, 2.75) is 0 Å². The second-order valence-corrected chi connectivity index (χ2v) is 2.77. The lowest BCUT2D eigenvalue weighted by molar-refractivity contribution is 0.460. The summed E-state index contributed by atoms with van der Waals surface area (Å²) in [4.78, 5) is 0. The molecule has 4 heteroatoms. The van der Waals surface area contributed by atoms with E-state index in [9.17, 15) is 8.78 Å². The quantitative estimate of drug-likeness (QED) is 0.706. The van der Waals surface area contributed by atoms with Crippen LogP contribution in [0, 0.1) is 11.6 Å². The highest BCUT2D eigenvalue weighted by atomic mass is 32.1. The number of phenolic OH excluding ortho intramolecular Hbond substituents is 1. The van der Waals surface area contributed by atoms with E-state index in [1.54, 1.807) is 0 Å². The number of halogens is 2. The fraction of sp³-hybridized carbons (Fsp3) is 0.111. The number of benzene rings is 1. The monoisotopic (exact) mass is 202 g/mol. The molecule has 0 radical (unpaired) electrons. The van der Waals surface area contributed by atoms with Gasteiger partial charge in [0.05, 0.1) is 0 Å². The highest BCUT2D eigenvalue weighted by molar-refractivity contribution is 7.80. The minimum atomic E-state index is -0.782. The van der Waals surface area contributed by atoms with Crippen LogP contribution in [-0.4, -0.2) is 10.9 Å². The fourth-order valence-electron chi connectivity index (χ4n) is 0.901. The van der Waals surface area contributed by atoms with Crippen molar-refractivity contribution >= 4 is 18.7 Å². The molecule has 0 saturated heterocycles. The fourth-order valence-corrected chi connectivity index (χ4v) is 1.01. The number of aromatic hydroxyl groups is 1. The third-order valence-corrected chi connectivity index (χ3v) is 1.66. The molecule has 0 atom stereocenters. The van der Waals surface area contributed by atoms with Gasteiger partial charge in [0.1, 0.15) is 17.4 Å². The smallest absolute Gasteiger partial charge is 0.137 e. The van der Waals surface area contributed by atoms with Gasteiger partial charge in [-0.25, -0.2) is 8.78 Å². The standard InChI is InChI=1S/C9H8F2OS/c10-8-4-6(12)5-9(11)7(8)2-1-3-13/h1-2,4-5,12-13H,3H2. The van der Waals surface area contributed by atoms with Crippen molar-refractivity contribution < 1.29 is 13.9 Å². The molecule has 1 aromatic rings. The Morgan fingerprint density at radius 3 is 2.31 bits per heavy atom. The van der Waals surface area contributed by atoms with E-state index >= 15 is 0 Å². The van der Waals surface area contributed by atoms with E-state index < -0.39 is 17.4 Å². The zero-order valence-electron chi connectivity index (χ0n) is 6.67. The highest BCUT2D eigenvalue weighted by Gasteiger charge is 2.07. The molecule has 0 aromatic heterocycles. The zero-order valence-corrected chi connectivity index (χ0v) is 7.56. The van der Waals surface area contributed by atoms with Gasteiger partial charge in [-0.3, -0.25) is 0 Å². The van der Waals surface area contributed by atoms with Crippen LogP contribution in [0.5, 0.6) is 5.75 Å². The lowest BCUT2D eigenvalue weighted by atomic mass is 10.2. The van der Waals surface area contributed by atoms with Crippen molar-refractivity contribution in [1.82, 2.24) is 0 Å². The van der Waals surface area contributed by atoms with Gasteiger partial charge in [-0.15, -0.1) is 0 Å². The summed E-state index contributed by atoms with van der Waals surface area (Å²) < 4.78 is 25.9. The molecule has 0 fully saturated rings. The van der Waals surface area contributed by atoms with E-state index in [0.717, 1.165) is 12.1 Å². The Morgan fingerprint density at radius 1 is 1.31 bits per heavy atom. The van der Waals surface area contributed by atoms with Gasteiger partial charge in [-0.2, -0.15) is 12.6 Å². The van der Waals surface area contributed by atoms with E-state index in [2.05, 4.69) is 12.6 Å². The summed E-state index contributed by atoms with van der Waals surface area (Å²) in [5.41, 5.74) is -0.160. The second-order valence-electron chi connectivity index (χ2n) is 2.41. The first-order chi connectivity index (χ1) is 6.15. The van der Waals surface area contributed by atoms with Crippen molar-refractivity contribution in [2.24, 2.45) is 0 Å². The largest absolute Gasteiger partial charge is 0.508 e. The molecular weight excluding hydrogens is 194 g/mol. The molecule has 1 N–H and O–H groups in total.